The lowest BCUT2D eigenvalue weighted by molar-refractivity contribution is -0.131. The van der Waals surface area contributed by atoms with E-state index in [1.807, 2.05) is 127 Å². The number of hydrogen-bond acceptors (Lipinski definition) is 19. The minimum absolute atomic E-state index is 0.0627. The summed E-state index contributed by atoms with van der Waals surface area (Å²) in [4.78, 5) is 107. The highest BCUT2D eigenvalue weighted by Gasteiger charge is 2.32. The quantitative estimate of drug-likeness (QED) is 0.00912. The van der Waals surface area contributed by atoms with Crippen LogP contribution in [-0.2, 0) is 95.3 Å². The fraction of sp³-hybridized carbons (Fsp3) is 0.468. The highest BCUT2D eigenvalue weighted by Crippen LogP contribution is 2.48. The van der Waals surface area contributed by atoms with E-state index in [0.29, 0.717) is 38.5 Å². The molecule has 0 fully saturated rings. The zero-order chi connectivity index (χ0) is 76.2. The summed E-state index contributed by atoms with van der Waals surface area (Å²) >= 11 is 0. The largest absolute Gasteiger partial charge is 0.370 e. The first kappa shape index (κ1) is 88.4. The van der Waals surface area contributed by atoms with Gasteiger partial charge in [0.2, 0.25) is 35.4 Å². The van der Waals surface area contributed by atoms with Crippen LogP contribution >= 0.6 is 38.6 Å². The molecule has 6 atom stereocenters. The first-order valence-corrected chi connectivity index (χ1v) is 39.6. The Labute approximate surface area is 624 Å². The number of nitriles is 2. The van der Waals surface area contributed by atoms with Crippen molar-refractivity contribution in [3.8, 4) is 24.5 Å². The molecule has 1 aromatic heterocycles. The summed E-state index contributed by atoms with van der Waals surface area (Å²) in [5.74, 6) is -0.625. The van der Waals surface area contributed by atoms with Crippen LogP contribution in [0.25, 0.3) is 0 Å². The van der Waals surface area contributed by atoms with Gasteiger partial charge in [0.25, 0.3) is 17.1 Å². The van der Waals surface area contributed by atoms with Crippen molar-refractivity contribution in [2.75, 3.05) is 19.0 Å². The third-order valence-electron chi connectivity index (χ3n) is 15.7. The normalized spacial score (nSPS) is 12.9. The molecule has 0 bridgehead atoms. The fourth-order valence-electron chi connectivity index (χ4n) is 10.7. The first-order valence-electron chi connectivity index (χ1n) is 35.0. The van der Waals surface area contributed by atoms with Gasteiger partial charge in [-0.2, -0.15) is 10.5 Å². The maximum absolute atomic E-state index is 13.9. The molecule has 0 aliphatic rings. The van der Waals surface area contributed by atoms with E-state index in [9.17, 15) is 38.4 Å². The molecule has 1 heterocycles. The summed E-state index contributed by atoms with van der Waals surface area (Å²) < 4.78 is 28.7. The van der Waals surface area contributed by atoms with E-state index in [2.05, 4.69) is 109 Å². The molecule has 0 saturated heterocycles. The Morgan fingerprint density at radius 1 is 0.500 bits per heavy atom. The zero-order valence-electron chi connectivity index (χ0n) is 61.0. The predicted octanol–water partition coefficient (Wildman–Crippen LogP) is 11.6. The van der Waals surface area contributed by atoms with Crippen LogP contribution in [0.3, 0.4) is 0 Å². The Morgan fingerprint density at radius 3 is 1.26 bits per heavy atom. The Bertz CT molecular complexity index is 3530. The van der Waals surface area contributed by atoms with Gasteiger partial charge in [0.15, 0.2) is 11.6 Å². The van der Waals surface area contributed by atoms with E-state index in [0.717, 1.165) is 38.4 Å². The van der Waals surface area contributed by atoms with E-state index >= 15 is 0 Å². The molecular weight excluding hydrogens is 1400 g/mol. The molecular formula is C77H103N11O12P2S2. The number of benzene rings is 4. The number of amides is 6. The summed E-state index contributed by atoms with van der Waals surface area (Å²) in [6, 6.07) is 40.5. The molecule has 5 rings (SSSR count). The van der Waals surface area contributed by atoms with Gasteiger partial charge in [-0.3, -0.25) is 38.4 Å². The zero-order valence-corrected chi connectivity index (χ0v) is 64.5. The van der Waals surface area contributed by atoms with Gasteiger partial charge >= 0.3 is 0 Å². The lowest BCUT2D eigenvalue weighted by Gasteiger charge is -2.35. The number of carbonyl (C=O) groups is 8. The fourth-order valence-corrected chi connectivity index (χ4v) is 15.7. The Balaban J connectivity index is 0.000000443. The summed E-state index contributed by atoms with van der Waals surface area (Å²) in [5, 5.41) is 30.1. The average Bonchev–Trinajstić information content (AvgIpc) is 0.873. The highest BCUT2D eigenvalue weighted by atomic mass is 33.1. The third kappa shape index (κ3) is 35.7. The number of hydrogen-bond donors (Lipinski definition) is 6. The van der Waals surface area contributed by atoms with Crippen LogP contribution in [0, 0.1) is 35.0 Å². The molecule has 560 valence electrons. The number of carbonyl (C=O) groups excluding carboxylic acids is 8. The molecule has 6 amide bonds. The van der Waals surface area contributed by atoms with Crippen molar-refractivity contribution >= 4 is 85.6 Å². The van der Waals surface area contributed by atoms with Gasteiger partial charge in [0.1, 0.15) is 17.1 Å². The number of nitrogens with one attached hydrogen (secondary N) is 4. The summed E-state index contributed by atoms with van der Waals surface area (Å²) in [6.45, 7) is 17.7. The molecule has 0 saturated carbocycles. The second-order valence-electron chi connectivity index (χ2n) is 25.6. The minimum Gasteiger partial charge on any atom is -0.370 e. The average molecular weight is 1500 g/mol. The van der Waals surface area contributed by atoms with Crippen LogP contribution in [0.5, 0.6) is 0 Å². The molecule has 6 unspecified atom stereocenters. The van der Waals surface area contributed by atoms with Crippen LogP contribution in [0.1, 0.15) is 159 Å². The number of pyridine rings is 1. The van der Waals surface area contributed by atoms with Gasteiger partial charge in [-0.1, -0.05) is 145 Å². The second-order valence-corrected chi connectivity index (χ2v) is 30.8. The molecule has 104 heavy (non-hydrogen) atoms. The summed E-state index contributed by atoms with van der Waals surface area (Å²) in [6.07, 6.45) is 10.8. The van der Waals surface area contributed by atoms with Crippen molar-refractivity contribution in [2.24, 2.45) is 11.5 Å². The topological polar surface area (TPSA) is 341 Å². The van der Waals surface area contributed by atoms with Crippen molar-refractivity contribution in [1.29, 1.82) is 10.5 Å². The number of ketones is 2. The number of primary amides is 2. The van der Waals surface area contributed by atoms with Crippen molar-refractivity contribution < 1.29 is 56.5 Å². The lowest BCUT2D eigenvalue weighted by Crippen LogP contribution is -2.53. The number of nitrogens with two attached hydrogens (primary N) is 2. The van der Waals surface area contributed by atoms with Gasteiger partial charge < -0.3 is 50.8 Å². The predicted molar refractivity (Wildman–Crippen MR) is 410 cm³/mol. The van der Waals surface area contributed by atoms with Crippen LogP contribution in [0.15, 0.2) is 139 Å². The smallest absolute Gasteiger partial charge is 0.259 e. The molecule has 23 nitrogen and oxygen atoms in total. The van der Waals surface area contributed by atoms with E-state index in [1.54, 1.807) is 6.20 Å². The summed E-state index contributed by atoms with van der Waals surface area (Å²) in [5.41, 5.74) is 15.6. The number of unbranched alkanes of at least 4 members (excludes halogenated alkanes) is 2. The van der Waals surface area contributed by atoms with E-state index < -0.39 is 70.8 Å². The molecule has 8 N–H and O–H groups in total. The monoisotopic (exact) mass is 1500 g/mol. The standard InChI is InChI=1S/C40H53N6O6PS2.C37H50N5O6P/c1-29(2)46(30(3)4)53(51-24-12-22-41)52-27-33-20-18-32(19-21-33)26-36(47)34(15-8-9-16-37(42)48)45-40(50)35(25-31-13-6-5-7-14-31)44-38(49)28-54-55-39-17-10-11-23-43-39;1-6-13-36(45)40-33(24-29-14-8-7-9-15-29)37(46)41-32(16-10-11-17-35(39)44)34(43)25-30-18-20-31(21-19-30)26-48-49(47-23-12-22-38)42(27(2)3)28(4)5/h5-7,10-11,13-14,17-21,23,29-30,34-35H,8-9,12,15-16,24-28H2,1-4H3,(H2,42,48)(H,44,49)(H,45,50);1,7-9,14-15,18-21,27-28,32-33H,10-13,16-17,23-26H2,2-5H3,(H2,39,44)(H,40,45)(H,41,46). The number of rotatable bonds is 49. The van der Waals surface area contributed by atoms with Crippen molar-refractivity contribution in [2.45, 2.75) is 218 Å². The van der Waals surface area contributed by atoms with E-state index in [4.69, 9.17) is 46.5 Å². The van der Waals surface area contributed by atoms with Gasteiger partial charge in [-0.25, -0.2) is 14.3 Å². The number of Topliss-reactive ketones (excluding diaryl/α,β-unsaturated/α-hetero) is 2. The van der Waals surface area contributed by atoms with Crippen molar-refractivity contribution in [1.82, 2.24) is 35.6 Å². The Hall–Kier alpha value is -7.95. The van der Waals surface area contributed by atoms with Crippen molar-refractivity contribution in [3.63, 3.8) is 0 Å². The van der Waals surface area contributed by atoms with E-state index in [-0.39, 0.29) is 132 Å². The molecule has 0 spiro atoms. The SMILES string of the molecule is C#CCC(=O)NC(Cc1ccccc1)C(=O)NC(CCCCC(N)=O)C(=O)Cc1ccc(COP(OCCC#N)N(C(C)C)C(C)C)cc1.CC(C)N(C(C)C)P(OCCC#N)OCc1ccc(CC(=O)C(CCCCC(N)=O)NC(=O)C(Cc2ccccc2)NC(=O)CSSc2ccccn2)cc1. The van der Waals surface area contributed by atoms with Crippen LogP contribution in [-0.4, -0.2) is 129 Å². The van der Waals surface area contributed by atoms with Gasteiger partial charge in [-0.05, 0) is 137 Å². The maximum atomic E-state index is 13.9. The number of nitrogens with zero attached hydrogens (tertiary/aromatic N) is 5. The van der Waals surface area contributed by atoms with Crippen molar-refractivity contribution in [3.05, 3.63) is 167 Å². The summed E-state index contributed by atoms with van der Waals surface area (Å²) in [7, 11) is -0.111. The van der Waals surface area contributed by atoms with Gasteiger partial charge in [0, 0.05) is 68.9 Å². The minimum atomic E-state index is -1.40. The Morgan fingerprint density at radius 2 is 0.894 bits per heavy atom. The highest BCUT2D eigenvalue weighted by molar-refractivity contribution is 8.76. The van der Waals surface area contributed by atoms with Crippen LogP contribution in [0.4, 0.5) is 0 Å². The maximum Gasteiger partial charge on any atom is 0.259 e. The molecule has 0 radical (unpaired) electrons. The lowest BCUT2D eigenvalue weighted by atomic mass is 9.97. The molecule has 27 heteroatoms. The number of terminal acetylenes is 1. The molecule has 4 aromatic carbocycles. The Kier molecular flexibility index (Phi) is 42.9. The number of aromatic nitrogens is 1. The van der Waals surface area contributed by atoms with Crippen LogP contribution in [0.2, 0.25) is 0 Å². The van der Waals surface area contributed by atoms with Gasteiger partial charge in [0.05, 0.1) is 75.7 Å². The van der Waals surface area contributed by atoms with Crippen LogP contribution < -0.4 is 32.7 Å². The van der Waals surface area contributed by atoms with E-state index in [1.165, 1.54) is 21.6 Å². The second kappa shape index (κ2) is 50.5. The molecule has 0 aliphatic heterocycles. The van der Waals surface area contributed by atoms with Gasteiger partial charge in [-0.15, -0.1) is 6.42 Å². The molecule has 0 aliphatic carbocycles. The first-order chi connectivity index (χ1) is 49.9. The third-order valence-corrected chi connectivity index (χ3v) is 21.9. The molecule has 5 aromatic rings.